The molecule has 6 nitrogen and oxygen atoms in total. The minimum Gasteiger partial charge on any atom is -0.337 e. The Balaban J connectivity index is 1.29. The Morgan fingerprint density at radius 1 is 1.22 bits per heavy atom. The molecule has 2 aromatic rings. The van der Waals surface area contributed by atoms with Gasteiger partial charge in [-0.3, -0.25) is 9.48 Å². The molecule has 0 saturated carbocycles. The van der Waals surface area contributed by atoms with Crippen molar-refractivity contribution in [1.29, 1.82) is 0 Å². The van der Waals surface area contributed by atoms with Gasteiger partial charge in [-0.2, -0.15) is 5.10 Å². The van der Waals surface area contributed by atoms with E-state index in [1.807, 2.05) is 23.1 Å². The van der Waals surface area contributed by atoms with Crippen LogP contribution in [0.4, 0.5) is 0 Å². The predicted octanol–water partition coefficient (Wildman–Crippen LogP) is 2.17. The van der Waals surface area contributed by atoms with Crippen LogP contribution >= 0.6 is 11.6 Å². The molecule has 7 heteroatoms. The predicted molar refractivity (Wildman–Crippen MR) is 106 cm³/mol. The molecule has 0 spiro atoms. The summed E-state index contributed by atoms with van der Waals surface area (Å²) in [6.45, 7) is 4.67. The summed E-state index contributed by atoms with van der Waals surface area (Å²) in [5.41, 5.74) is 8.02. The molecule has 3 atom stereocenters. The number of hydrogen-bond acceptors (Lipinski definition) is 4. The van der Waals surface area contributed by atoms with Crippen molar-refractivity contribution in [3.63, 3.8) is 0 Å². The van der Waals surface area contributed by atoms with Crippen molar-refractivity contribution in [1.82, 2.24) is 19.6 Å². The van der Waals surface area contributed by atoms with Gasteiger partial charge in [0.1, 0.15) is 5.69 Å². The number of nitrogens with two attached hydrogens (primary N) is 1. The summed E-state index contributed by atoms with van der Waals surface area (Å²) in [7, 11) is 1.76. The molecule has 0 radical (unpaired) electrons. The molecule has 3 heterocycles. The Morgan fingerprint density at radius 2 is 1.89 bits per heavy atom. The molecule has 0 bridgehead atoms. The van der Waals surface area contributed by atoms with E-state index in [2.05, 4.69) is 22.1 Å². The lowest BCUT2D eigenvalue weighted by atomic mass is 10.0. The quantitative estimate of drug-likeness (QED) is 0.853. The molecule has 2 aliphatic heterocycles. The molecule has 1 amide bonds. The molecule has 1 aromatic carbocycles. The average molecular weight is 388 g/mol. The van der Waals surface area contributed by atoms with Gasteiger partial charge >= 0.3 is 0 Å². The largest absolute Gasteiger partial charge is 0.337 e. The van der Waals surface area contributed by atoms with Gasteiger partial charge in [0, 0.05) is 39.3 Å². The zero-order valence-electron chi connectivity index (χ0n) is 15.6. The molecule has 27 heavy (non-hydrogen) atoms. The van der Waals surface area contributed by atoms with Gasteiger partial charge in [-0.25, -0.2) is 0 Å². The van der Waals surface area contributed by atoms with Crippen LogP contribution in [-0.4, -0.2) is 58.2 Å². The van der Waals surface area contributed by atoms with Crippen molar-refractivity contribution in [2.45, 2.75) is 12.5 Å². The number of carbonyl (C=O) groups is 1. The molecule has 1 aromatic heterocycles. The summed E-state index contributed by atoms with van der Waals surface area (Å²) in [4.78, 5) is 17.2. The molecule has 0 aliphatic carbocycles. The highest BCUT2D eigenvalue weighted by molar-refractivity contribution is 6.33. The minimum atomic E-state index is -0.00736. The third kappa shape index (κ3) is 3.74. The standard InChI is InChI=1S/C20H26ClN5O/c1-24-19(17(21)9-23-24)20(27)26-12-15-10-25(11-16(15)13-26)8-7-18(22)14-5-3-2-4-6-14/h2-6,9,15-16,18H,7-8,10-13,22H2,1H3/t15?,16?,18-/m0/s1. The first-order valence-electron chi connectivity index (χ1n) is 9.52. The number of rotatable bonds is 5. The Hall–Kier alpha value is -1.89. The highest BCUT2D eigenvalue weighted by Gasteiger charge is 2.42. The lowest BCUT2D eigenvalue weighted by molar-refractivity contribution is 0.0763. The molecular formula is C20H26ClN5O. The van der Waals surface area contributed by atoms with Crippen molar-refractivity contribution in [2.24, 2.45) is 24.6 Å². The first-order chi connectivity index (χ1) is 13.0. The number of nitrogens with zero attached hydrogens (tertiary/aromatic N) is 4. The number of aromatic nitrogens is 2. The van der Waals surface area contributed by atoms with Gasteiger partial charge in [-0.1, -0.05) is 41.9 Å². The van der Waals surface area contributed by atoms with Crippen LogP contribution in [0.1, 0.15) is 28.5 Å². The van der Waals surface area contributed by atoms with Gasteiger partial charge in [-0.15, -0.1) is 0 Å². The molecule has 2 N–H and O–H groups in total. The number of hydrogen-bond donors (Lipinski definition) is 1. The zero-order valence-corrected chi connectivity index (χ0v) is 16.3. The van der Waals surface area contributed by atoms with Crippen LogP contribution in [0.15, 0.2) is 36.5 Å². The minimum absolute atomic E-state index is 0.00736. The highest BCUT2D eigenvalue weighted by atomic mass is 35.5. The first kappa shape index (κ1) is 18.5. The number of aryl methyl sites for hydroxylation is 1. The molecule has 2 aliphatic rings. The van der Waals surface area contributed by atoms with Crippen molar-refractivity contribution in [2.75, 3.05) is 32.7 Å². The van der Waals surface area contributed by atoms with E-state index in [0.717, 1.165) is 39.1 Å². The van der Waals surface area contributed by atoms with Gasteiger partial charge in [0.05, 0.1) is 11.2 Å². The van der Waals surface area contributed by atoms with Crippen molar-refractivity contribution in [3.05, 3.63) is 52.8 Å². The Bertz CT molecular complexity index is 774. The van der Waals surface area contributed by atoms with Crippen LogP contribution in [0.5, 0.6) is 0 Å². The van der Waals surface area contributed by atoms with Crippen LogP contribution in [-0.2, 0) is 7.05 Å². The van der Waals surface area contributed by atoms with Crippen LogP contribution in [0.3, 0.4) is 0 Å². The summed E-state index contributed by atoms with van der Waals surface area (Å²) in [6.07, 6.45) is 2.49. The van der Waals surface area contributed by atoms with Gasteiger partial charge in [0.2, 0.25) is 0 Å². The van der Waals surface area contributed by atoms with Crippen LogP contribution in [0, 0.1) is 11.8 Å². The average Bonchev–Trinajstić information content (AvgIpc) is 3.33. The molecular weight excluding hydrogens is 362 g/mol. The molecule has 2 fully saturated rings. The number of halogens is 1. The third-order valence-corrected chi connectivity index (χ3v) is 6.21. The van der Waals surface area contributed by atoms with Crippen LogP contribution < -0.4 is 5.73 Å². The topological polar surface area (TPSA) is 67.4 Å². The van der Waals surface area contributed by atoms with E-state index in [4.69, 9.17) is 17.3 Å². The van der Waals surface area contributed by atoms with E-state index in [-0.39, 0.29) is 11.9 Å². The van der Waals surface area contributed by atoms with Crippen molar-refractivity contribution in [3.8, 4) is 0 Å². The maximum absolute atomic E-state index is 12.8. The van der Waals surface area contributed by atoms with Crippen molar-refractivity contribution < 1.29 is 4.79 Å². The Labute approximate surface area is 164 Å². The number of likely N-dealkylation sites (tertiary alicyclic amines) is 2. The van der Waals surface area contributed by atoms with Gasteiger partial charge in [0.25, 0.3) is 5.91 Å². The maximum atomic E-state index is 12.8. The van der Waals surface area contributed by atoms with E-state index in [1.54, 1.807) is 11.7 Å². The van der Waals surface area contributed by atoms with E-state index < -0.39 is 0 Å². The normalized spacial score (nSPS) is 23.6. The summed E-state index contributed by atoms with van der Waals surface area (Å²) >= 11 is 6.13. The Morgan fingerprint density at radius 3 is 2.48 bits per heavy atom. The van der Waals surface area contributed by atoms with E-state index in [1.165, 1.54) is 11.8 Å². The molecule has 4 rings (SSSR count). The SMILES string of the molecule is Cn1ncc(Cl)c1C(=O)N1CC2CN(CC[C@H](N)c3ccccc3)CC2C1. The summed E-state index contributed by atoms with van der Waals surface area (Å²) < 4.78 is 1.57. The van der Waals surface area contributed by atoms with Crippen LogP contribution in [0.25, 0.3) is 0 Å². The lowest BCUT2D eigenvalue weighted by Crippen LogP contribution is -2.35. The fraction of sp³-hybridized carbons (Fsp3) is 0.500. The van der Waals surface area contributed by atoms with Gasteiger partial charge < -0.3 is 15.5 Å². The summed E-state index contributed by atoms with van der Waals surface area (Å²) in [5.74, 6) is 1.06. The fourth-order valence-electron chi connectivity index (χ4n) is 4.43. The van der Waals surface area contributed by atoms with Gasteiger partial charge in [-0.05, 0) is 30.4 Å². The van der Waals surface area contributed by atoms with Crippen LogP contribution in [0.2, 0.25) is 5.02 Å². The Kier molecular flexibility index (Phi) is 5.21. The molecule has 2 saturated heterocycles. The van der Waals surface area contributed by atoms with E-state index in [0.29, 0.717) is 22.6 Å². The fourth-order valence-corrected chi connectivity index (χ4v) is 4.68. The number of benzene rings is 1. The summed E-state index contributed by atoms with van der Waals surface area (Å²) in [5, 5.41) is 4.50. The smallest absolute Gasteiger partial charge is 0.273 e. The molecule has 144 valence electrons. The molecule has 2 unspecified atom stereocenters. The van der Waals surface area contributed by atoms with E-state index >= 15 is 0 Å². The lowest BCUT2D eigenvalue weighted by Gasteiger charge is -2.23. The number of fused-ring (bicyclic) bond motifs is 1. The highest BCUT2D eigenvalue weighted by Crippen LogP contribution is 2.33. The second kappa shape index (κ2) is 7.62. The second-order valence-corrected chi connectivity index (χ2v) is 8.17. The number of carbonyl (C=O) groups excluding carboxylic acids is 1. The second-order valence-electron chi connectivity index (χ2n) is 7.76. The van der Waals surface area contributed by atoms with Crippen molar-refractivity contribution >= 4 is 17.5 Å². The van der Waals surface area contributed by atoms with Gasteiger partial charge in [0.15, 0.2) is 0 Å². The third-order valence-electron chi connectivity index (χ3n) is 5.93. The maximum Gasteiger partial charge on any atom is 0.273 e. The zero-order chi connectivity index (χ0) is 19.0. The number of amides is 1. The first-order valence-corrected chi connectivity index (χ1v) is 9.90. The van der Waals surface area contributed by atoms with E-state index in [9.17, 15) is 4.79 Å². The monoisotopic (exact) mass is 387 g/mol. The summed E-state index contributed by atoms with van der Waals surface area (Å²) in [6, 6.07) is 10.4.